The van der Waals surface area contributed by atoms with E-state index in [0.717, 1.165) is 12.0 Å². The minimum atomic E-state index is -1.58. The first-order valence-corrected chi connectivity index (χ1v) is 20.2. The predicted molar refractivity (Wildman–Crippen MR) is 209 cm³/mol. The first-order chi connectivity index (χ1) is 26.0. The number of ketones is 2. The number of phenols is 1. The number of carbonyl (C=O) groups excluding carboxylic acids is 3. The number of hydrogen-bond acceptors (Lipinski definition) is 10. The third kappa shape index (κ3) is 6.40. The van der Waals surface area contributed by atoms with Crippen LogP contribution in [0.2, 0.25) is 0 Å². The summed E-state index contributed by atoms with van der Waals surface area (Å²) in [6, 6.07) is -0.485. The number of fused-ring (bicyclic) bond motifs is 2. The molecule has 3 unspecified atom stereocenters. The first-order valence-electron chi connectivity index (χ1n) is 20.2. The monoisotopic (exact) mass is 757 g/mol. The number of benzene rings is 1. The van der Waals surface area contributed by atoms with Gasteiger partial charge in [0, 0.05) is 49.0 Å². The molecule has 3 aliphatic carbocycles. The Kier molecular flexibility index (Phi) is 10.3. The van der Waals surface area contributed by atoms with Crippen LogP contribution in [0.3, 0.4) is 0 Å². The Bertz CT molecular complexity index is 1870. The molecule has 4 heterocycles. The van der Waals surface area contributed by atoms with Gasteiger partial charge in [-0.15, -0.1) is 0 Å². The van der Waals surface area contributed by atoms with Crippen LogP contribution in [0.4, 0.5) is 0 Å². The van der Waals surface area contributed by atoms with Gasteiger partial charge in [-0.25, -0.2) is 4.79 Å². The van der Waals surface area contributed by atoms with Crippen molar-refractivity contribution < 1.29 is 43.2 Å². The van der Waals surface area contributed by atoms with Gasteiger partial charge < -0.3 is 28.8 Å². The lowest BCUT2D eigenvalue weighted by Gasteiger charge is -2.64. The molecule has 2 saturated heterocycles. The number of nitrogens with zero attached hydrogens (tertiary/aromatic N) is 1. The van der Waals surface area contributed by atoms with E-state index >= 15 is 9.59 Å². The molecule has 298 valence electrons. The molecule has 0 radical (unpaired) electrons. The molecule has 1 aromatic rings. The van der Waals surface area contributed by atoms with Gasteiger partial charge in [0.1, 0.15) is 28.4 Å². The highest BCUT2D eigenvalue weighted by Crippen LogP contribution is 2.71. The highest BCUT2D eigenvalue weighted by molar-refractivity contribution is 6.10. The molecular weight excluding hydrogens is 698 g/mol. The summed E-state index contributed by atoms with van der Waals surface area (Å²) in [7, 11) is 0. The van der Waals surface area contributed by atoms with Crippen LogP contribution in [0, 0.1) is 23.7 Å². The van der Waals surface area contributed by atoms with E-state index in [1.807, 2.05) is 60.6 Å². The fraction of sp³-hybridized carbons (Fsp3) is 0.622. The molecule has 4 bridgehead atoms. The van der Waals surface area contributed by atoms with Gasteiger partial charge in [0.25, 0.3) is 0 Å². The maximum Gasteiger partial charge on any atom is 0.330 e. The summed E-state index contributed by atoms with van der Waals surface area (Å²) in [6.07, 6.45) is 13.5. The zero-order valence-corrected chi connectivity index (χ0v) is 34.1. The van der Waals surface area contributed by atoms with E-state index in [4.69, 9.17) is 23.7 Å². The summed E-state index contributed by atoms with van der Waals surface area (Å²) in [6.45, 7) is 20.5. The molecule has 1 aromatic carbocycles. The Morgan fingerprint density at radius 3 is 2.42 bits per heavy atom. The lowest BCUT2D eigenvalue weighted by atomic mass is 9.44. The van der Waals surface area contributed by atoms with Crippen LogP contribution in [-0.2, 0) is 30.2 Å². The van der Waals surface area contributed by atoms with Crippen LogP contribution in [0.5, 0.6) is 17.2 Å². The lowest BCUT2D eigenvalue weighted by Crippen LogP contribution is -2.82. The maximum absolute atomic E-state index is 15.7. The van der Waals surface area contributed by atoms with Crippen LogP contribution >= 0.6 is 0 Å². The van der Waals surface area contributed by atoms with Crippen molar-refractivity contribution in [3.8, 4) is 17.2 Å². The van der Waals surface area contributed by atoms with E-state index in [0.29, 0.717) is 62.4 Å². The maximum atomic E-state index is 15.7. The van der Waals surface area contributed by atoms with Gasteiger partial charge in [-0.1, -0.05) is 43.2 Å². The van der Waals surface area contributed by atoms with Gasteiger partial charge in [0.2, 0.25) is 0 Å². The molecule has 10 nitrogen and oxygen atoms in total. The van der Waals surface area contributed by atoms with Gasteiger partial charge >= 0.3 is 5.97 Å². The Morgan fingerprint density at radius 1 is 1.04 bits per heavy atom. The summed E-state index contributed by atoms with van der Waals surface area (Å²) in [5.74, 6) is -1.86. The highest BCUT2D eigenvalue weighted by Gasteiger charge is 2.85. The summed E-state index contributed by atoms with van der Waals surface area (Å²) >= 11 is 0. The number of hydrogen-bond donors (Lipinski definition) is 1. The molecule has 10 heteroatoms. The van der Waals surface area contributed by atoms with Crippen LogP contribution in [0.15, 0.2) is 41.5 Å². The summed E-state index contributed by atoms with van der Waals surface area (Å²) in [5, 5.41) is 12.2. The Balaban J connectivity index is 1.43. The number of allylic oxidation sites excluding steroid dienone is 4. The van der Waals surface area contributed by atoms with Crippen LogP contribution < -0.4 is 9.47 Å². The summed E-state index contributed by atoms with van der Waals surface area (Å²) in [4.78, 5) is 46.0. The molecule has 1 N–H and O–H groups in total. The van der Waals surface area contributed by atoms with Gasteiger partial charge in [0.15, 0.2) is 22.8 Å². The van der Waals surface area contributed by atoms with Crippen LogP contribution in [0.25, 0.3) is 6.08 Å². The SMILES string of the molecule is CC(C)=CCC[C@]1(C)C=Cc2c(O)c3c(c(CC=C(C)C)c2O1)O[C@]12C(C3=O)C(N3CCOCC3)[C@@H]3CC1C(C)(C)O[C@@]2(C/C=C/C(=O)OCC(C)C)C3=O. The van der Waals surface area contributed by atoms with E-state index in [-0.39, 0.29) is 53.5 Å². The van der Waals surface area contributed by atoms with Crippen molar-refractivity contribution in [1.82, 2.24) is 4.90 Å². The van der Waals surface area contributed by atoms with E-state index in [1.165, 1.54) is 11.6 Å². The summed E-state index contributed by atoms with van der Waals surface area (Å²) < 4.78 is 32.6. The normalized spacial score (nSPS) is 32.8. The molecule has 1 spiro atoms. The lowest BCUT2D eigenvalue weighted by molar-refractivity contribution is -0.215. The molecule has 5 fully saturated rings. The average Bonchev–Trinajstić information content (AvgIpc) is 3.26. The molecule has 55 heavy (non-hydrogen) atoms. The van der Waals surface area contributed by atoms with E-state index in [2.05, 4.69) is 30.9 Å². The molecule has 4 aliphatic heterocycles. The third-order valence-electron chi connectivity index (χ3n) is 12.7. The van der Waals surface area contributed by atoms with Crippen molar-refractivity contribution in [2.75, 3.05) is 32.9 Å². The number of carbonyl (C=O) groups is 3. The fourth-order valence-electron chi connectivity index (χ4n) is 10.3. The Morgan fingerprint density at radius 2 is 1.75 bits per heavy atom. The molecule has 0 amide bonds. The van der Waals surface area contributed by atoms with Gasteiger partial charge in [-0.05, 0) is 92.2 Å². The van der Waals surface area contributed by atoms with E-state index in [1.54, 1.807) is 6.08 Å². The topological polar surface area (TPSA) is 121 Å². The van der Waals surface area contributed by atoms with Crippen molar-refractivity contribution in [2.45, 2.75) is 123 Å². The zero-order valence-electron chi connectivity index (χ0n) is 34.1. The van der Waals surface area contributed by atoms with Crippen molar-refractivity contribution >= 4 is 23.6 Å². The molecule has 7 atom stereocenters. The van der Waals surface area contributed by atoms with Gasteiger partial charge in [-0.3, -0.25) is 14.5 Å². The number of rotatable bonds is 11. The highest BCUT2D eigenvalue weighted by atomic mass is 16.6. The second-order valence-corrected chi connectivity index (χ2v) is 18.1. The number of aromatic hydroxyl groups is 1. The minimum Gasteiger partial charge on any atom is -0.506 e. The smallest absolute Gasteiger partial charge is 0.330 e. The summed E-state index contributed by atoms with van der Waals surface area (Å²) in [5.41, 5.74) is -1.02. The minimum absolute atomic E-state index is 0.0237. The Hall–Kier alpha value is -3.73. The zero-order chi connectivity index (χ0) is 39.7. The third-order valence-corrected chi connectivity index (χ3v) is 12.7. The molecule has 0 aromatic heterocycles. The van der Waals surface area contributed by atoms with E-state index < -0.39 is 46.3 Å². The van der Waals surface area contributed by atoms with Gasteiger partial charge in [-0.2, -0.15) is 0 Å². The largest absolute Gasteiger partial charge is 0.506 e. The van der Waals surface area contributed by atoms with Crippen molar-refractivity contribution in [1.29, 1.82) is 0 Å². The predicted octanol–water partition coefficient (Wildman–Crippen LogP) is 7.35. The quantitative estimate of drug-likeness (QED) is 0.139. The molecular formula is C45H59NO9. The van der Waals surface area contributed by atoms with Crippen molar-refractivity contribution in [2.24, 2.45) is 23.7 Å². The van der Waals surface area contributed by atoms with Gasteiger partial charge in [0.05, 0.1) is 36.9 Å². The number of phenolic OH excluding ortho intramolecular Hbond substituents is 1. The Labute approximate surface area is 325 Å². The van der Waals surface area contributed by atoms with Crippen molar-refractivity contribution in [3.05, 3.63) is 58.2 Å². The second-order valence-electron chi connectivity index (χ2n) is 18.1. The van der Waals surface area contributed by atoms with Crippen LogP contribution in [-0.4, -0.2) is 88.9 Å². The standard InChI is InChI=1S/C45H59NO9/c1-26(2)12-10-17-43(9)19-16-29-37(48)34-38(49)35-36(46-20-22-51-23-21-46)31-24-32-42(7,8)55-44(41(31)50,18-11-13-33(47)52-25-28(5)6)45(32,35)54-40(34)30(39(29)53-43)15-14-27(3)4/h11-14,16,19,28,31-32,35-36,48H,10,15,17-18,20-25H2,1-9H3/b13-11+/t31-,32?,35?,36?,43+,44-,45-/m0/s1. The molecule has 7 aliphatic rings. The van der Waals surface area contributed by atoms with E-state index in [9.17, 15) is 9.90 Å². The second kappa shape index (κ2) is 14.3. The molecule has 8 rings (SSSR count). The van der Waals surface area contributed by atoms with Crippen molar-refractivity contribution in [3.63, 3.8) is 0 Å². The number of Topliss-reactive ketones (excluding diaryl/α,β-unsaturated/α-hetero) is 2. The first kappa shape index (κ1) is 39.5. The number of esters is 1. The average molecular weight is 758 g/mol. The number of morpholine rings is 1. The molecule has 3 saturated carbocycles. The fourth-order valence-corrected chi connectivity index (χ4v) is 10.3. The number of ether oxygens (including phenoxy) is 5. The van der Waals surface area contributed by atoms with Crippen LogP contribution in [0.1, 0.15) is 109 Å².